The summed E-state index contributed by atoms with van der Waals surface area (Å²) in [5.74, 6) is -0.0256. The highest BCUT2D eigenvalue weighted by molar-refractivity contribution is 6.03. The predicted octanol–water partition coefficient (Wildman–Crippen LogP) is 3.61. The highest BCUT2D eigenvalue weighted by atomic mass is 16.5. The van der Waals surface area contributed by atoms with Crippen LogP contribution < -0.4 is 15.4 Å². The fourth-order valence-electron chi connectivity index (χ4n) is 5.23. The standard InChI is InChI=1S/C30H33N3O4/c1-3-37-28-15-24-23(18-33(30(24)36)19(2)20-9-5-4-6-10-20)13-25(28)29(35)32-17-27(34)26-14-21-11-7-8-12-22(21)16-31-26/h4-13,15,19,26-27,31,34H,3,14,16-18H2,1-2H3,(H,32,35)/t19-,26-,27+/m0/s1. The van der Waals surface area contributed by atoms with E-state index in [1.54, 1.807) is 12.1 Å². The number of carbonyl (C=O) groups is 2. The maximum Gasteiger partial charge on any atom is 0.255 e. The second-order valence-electron chi connectivity index (χ2n) is 9.70. The molecule has 2 aliphatic rings. The number of rotatable bonds is 8. The smallest absolute Gasteiger partial charge is 0.255 e. The maximum atomic E-state index is 13.3. The molecule has 0 bridgehead atoms. The average Bonchev–Trinajstić information content (AvgIpc) is 3.26. The van der Waals surface area contributed by atoms with Gasteiger partial charge < -0.3 is 25.4 Å². The minimum absolute atomic E-state index is 0.0710. The molecule has 0 unspecified atom stereocenters. The van der Waals surface area contributed by atoms with E-state index in [1.807, 2.05) is 61.2 Å². The van der Waals surface area contributed by atoms with E-state index in [9.17, 15) is 14.7 Å². The first kappa shape index (κ1) is 25.0. The molecule has 7 nitrogen and oxygen atoms in total. The van der Waals surface area contributed by atoms with Crippen molar-refractivity contribution in [3.63, 3.8) is 0 Å². The Bertz CT molecular complexity index is 1290. The number of benzene rings is 3. The van der Waals surface area contributed by atoms with Crippen LogP contribution in [0.5, 0.6) is 5.75 Å². The Labute approximate surface area is 217 Å². The maximum absolute atomic E-state index is 13.3. The van der Waals surface area contributed by atoms with Gasteiger partial charge in [-0.2, -0.15) is 0 Å². The minimum Gasteiger partial charge on any atom is -0.493 e. The molecular formula is C30H33N3O4. The summed E-state index contributed by atoms with van der Waals surface area (Å²) in [6.45, 7) is 5.44. The van der Waals surface area contributed by atoms with Crippen LogP contribution in [0.2, 0.25) is 0 Å². The van der Waals surface area contributed by atoms with Crippen molar-refractivity contribution in [1.29, 1.82) is 0 Å². The Morgan fingerprint density at radius 1 is 1.11 bits per heavy atom. The van der Waals surface area contributed by atoms with Gasteiger partial charge in [-0.15, -0.1) is 0 Å². The molecule has 0 fully saturated rings. The summed E-state index contributed by atoms with van der Waals surface area (Å²) in [6, 6.07) is 21.3. The van der Waals surface area contributed by atoms with Gasteiger partial charge in [-0.05, 0) is 54.7 Å². The predicted molar refractivity (Wildman–Crippen MR) is 141 cm³/mol. The lowest BCUT2D eigenvalue weighted by Crippen LogP contribution is -2.49. The molecule has 3 atom stereocenters. The molecule has 37 heavy (non-hydrogen) atoms. The Morgan fingerprint density at radius 3 is 2.59 bits per heavy atom. The summed E-state index contributed by atoms with van der Waals surface area (Å²) in [4.78, 5) is 28.3. The van der Waals surface area contributed by atoms with Crippen LogP contribution in [0.4, 0.5) is 0 Å². The molecule has 0 aliphatic carbocycles. The van der Waals surface area contributed by atoms with Crippen molar-refractivity contribution in [2.24, 2.45) is 0 Å². The van der Waals surface area contributed by atoms with Crippen molar-refractivity contribution in [3.05, 3.63) is 100 Å². The largest absolute Gasteiger partial charge is 0.493 e. The molecule has 5 rings (SSSR count). The van der Waals surface area contributed by atoms with Crippen LogP contribution in [0.25, 0.3) is 0 Å². The van der Waals surface area contributed by atoms with Crippen molar-refractivity contribution in [2.75, 3.05) is 13.2 Å². The fraction of sp³-hybridized carbons (Fsp3) is 0.333. The highest BCUT2D eigenvalue weighted by Crippen LogP contribution is 2.35. The summed E-state index contributed by atoms with van der Waals surface area (Å²) in [5.41, 5.74) is 5.24. The molecule has 0 saturated carbocycles. The summed E-state index contributed by atoms with van der Waals surface area (Å²) < 4.78 is 5.77. The molecule has 0 saturated heterocycles. The normalized spacial score (nSPS) is 18.1. The third-order valence-corrected chi connectivity index (χ3v) is 7.38. The SMILES string of the molecule is CCOc1cc2c(cc1C(=O)NC[C@@H](O)[C@@H]1Cc3ccccc3CN1)CN([C@@H](C)c1ccccc1)C2=O. The summed E-state index contributed by atoms with van der Waals surface area (Å²) >= 11 is 0. The molecule has 3 N–H and O–H groups in total. The molecule has 3 aromatic carbocycles. The fourth-order valence-corrected chi connectivity index (χ4v) is 5.23. The summed E-state index contributed by atoms with van der Waals surface area (Å²) in [6.07, 6.45) is -0.0422. The van der Waals surface area contributed by atoms with Gasteiger partial charge in [0.05, 0.1) is 24.3 Å². The van der Waals surface area contributed by atoms with Crippen LogP contribution in [0, 0.1) is 0 Å². The third-order valence-electron chi connectivity index (χ3n) is 7.38. The van der Waals surface area contributed by atoms with Crippen molar-refractivity contribution in [3.8, 4) is 5.75 Å². The van der Waals surface area contributed by atoms with Gasteiger partial charge in [0.1, 0.15) is 5.75 Å². The molecule has 0 spiro atoms. The molecule has 0 radical (unpaired) electrons. The Kier molecular flexibility index (Phi) is 7.26. The molecule has 7 heteroatoms. The van der Waals surface area contributed by atoms with E-state index < -0.39 is 6.10 Å². The number of amides is 2. The van der Waals surface area contributed by atoms with Gasteiger partial charge in [0.25, 0.3) is 11.8 Å². The minimum atomic E-state index is -0.744. The topological polar surface area (TPSA) is 90.9 Å². The first-order valence-corrected chi connectivity index (χ1v) is 12.9. The summed E-state index contributed by atoms with van der Waals surface area (Å²) in [7, 11) is 0. The van der Waals surface area contributed by atoms with Gasteiger partial charge in [-0.1, -0.05) is 54.6 Å². The van der Waals surface area contributed by atoms with E-state index in [4.69, 9.17) is 4.74 Å². The lowest BCUT2D eigenvalue weighted by atomic mass is 9.93. The van der Waals surface area contributed by atoms with E-state index in [0.717, 1.165) is 11.1 Å². The number of carbonyl (C=O) groups excluding carboxylic acids is 2. The van der Waals surface area contributed by atoms with Crippen LogP contribution in [0.1, 0.15) is 62.9 Å². The Balaban J connectivity index is 1.29. The van der Waals surface area contributed by atoms with E-state index in [2.05, 4.69) is 22.8 Å². The van der Waals surface area contributed by atoms with Crippen molar-refractivity contribution in [2.45, 2.75) is 51.5 Å². The molecule has 0 aromatic heterocycles. The zero-order chi connectivity index (χ0) is 25.9. The van der Waals surface area contributed by atoms with E-state index in [-0.39, 0.29) is 30.4 Å². The number of aliphatic hydroxyl groups is 1. The molecule has 2 heterocycles. The quantitative estimate of drug-likeness (QED) is 0.441. The van der Waals surface area contributed by atoms with Crippen LogP contribution >= 0.6 is 0 Å². The number of aliphatic hydroxyl groups excluding tert-OH is 1. The first-order chi connectivity index (χ1) is 18.0. The average molecular weight is 500 g/mol. The number of nitrogens with zero attached hydrogens (tertiary/aromatic N) is 1. The van der Waals surface area contributed by atoms with Gasteiger partial charge in [0, 0.05) is 31.2 Å². The Morgan fingerprint density at radius 2 is 1.84 bits per heavy atom. The number of ether oxygens (including phenoxy) is 1. The van der Waals surface area contributed by atoms with Gasteiger partial charge >= 0.3 is 0 Å². The monoisotopic (exact) mass is 499 g/mol. The highest BCUT2D eigenvalue weighted by Gasteiger charge is 2.34. The lowest BCUT2D eigenvalue weighted by Gasteiger charge is -2.30. The molecular weight excluding hydrogens is 466 g/mol. The van der Waals surface area contributed by atoms with Gasteiger partial charge in [0.2, 0.25) is 0 Å². The third kappa shape index (κ3) is 5.10. The van der Waals surface area contributed by atoms with E-state index in [1.165, 1.54) is 11.1 Å². The van der Waals surface area contributed by atoms with Gasteiger partial charge in [-0.3, -0.25) is 9.59 Å². The number of nitrogens with one attached hydrogen (secondary N) is 2. The number of hydrogen-bond donors (Lipinski definition) is 3. The van der Waals surface area contributed by atoms with Gasteiger partial charge in [-0.25, -0.2) is 0 Å². The van der Waals surface area contributed by atoms with Crippen molar-refractivity contribution in [1.82, 2.24) is 15.5 Å². The lowest BCUT2D eigenvalue weighted by molar-refractivity contribution is 0.0715. The molecule has 2 amide bonds. The summed E-state index contributed by atoms with van der Waals surface area (Å²) in [5, 5.41) is 17.0. The van der Waals surface area contributed by atoms with Crippen molar-refractivity contribution >= 4 is 11.8 Å². The van der Waals surface area contributed by atoms with Crippen LogP contribution in [-0.4, -0.2) is 47.1 Å². The molecule has 192 valence electrons. The van der Waals surface area contributed by atoms with Crippen molar-refractivity contribution < 1.29 is 19.4 Å². The number of hydrogen-bond acceptors (Lipinski definition) is 5. The number of fused-ring (bicyclic) bond motifs is 2. The zero-order valence-corrected chi connectivity index (χ0v) is 21.2. The second kappa shape index (κ2) is 10.7. The second-order valence-corrected chi connectivity index (χ2v) is 9.70. The Hall–Kier alpha value is -3.68. The van der Waals surface area contributed by atoms with E-state index in [0.29, 0.717) is 43.0 Å². The molecule has 2 aliphatic heterocycles. The van der Waals surface area contributed by atoms with Crippen LogP contribution in [-0.2, 0) is 19.5 Å². The van der Waals surface area contributed by atoms with E-state index >= 15 is 0 Å². The van der Waals surface area contributed by atoms with Crippen LogP contribution in [0.3, 0.4) is 0 Å². The zero-order valence-electron chi connectivity index (χ0n) is 21.2. The first-order valence-electron chi connectivity index (χ1n) is 12.9. The molecule has 3 aromatic rings. The van der Waals surface area contributed by atoms with Gasteiger partial charge in [0.15, 0.2) is 0 Å². The van der Waals surface area contributed by atoms with Crippen LogP contribution in [0.15, 0.2) is 66.7 Å².